The second kappa shape index (κ2) is 4.77. The van der Waals surface area contributed by atoms with Crippen molar-refractivity contribution >= 4 is 11.6 Å². The van der Waals surface area contributed by atoms with E-state index in [0.717, 1.165) is 12.8 Å². The van der Waals surface area contributed by atoms with Crippen LogP contribution in [-0.2, 0) is 5.41 Å². The number of ether oxygens (including phenoxy) is 1. The molecule has 1 aliphatic carbocycles. The van der Waals surface area contributed by atoms with Gasteiger partial charge < -0.3 is 4.74 Å². The second-order valence-corrected chi connectivity index (χ2v) is 5.51. The van der Waals surface area contributed by atoms with Crippen LogP contribution >= 0.6 is 11.6 Å². The minimum absolute atomic E-state index is 0.0117. The van der Waals surface area contributed by atoms with Crippen LogP contribution in [0.3, 0.4) is 0 Å². The minimum atomic E-state index is 0.0117. The molecular formula is C15H12ClN3O. The Labute approximate surface area is 122 Å². The van der Waals surface area contributed by atoms with Crippen molar-refractivity contribution in [1.29, 1.82) is 5.26 Å². The van der Waals surface area contributed by atoms with E-state index in [1.54, 1.807) is 24.3 Å². The van der Waals surface area contributed by atoms with Gasteiger partial charge in [-0.2, -0.15) is 10.2 Å². The summed E-state index contributed by atoms with van der Waals surface area (Å²) < 4.78 is 5.69. The van der Waals surface area contributed by atoms with Crippen LogP contribution in [-0.4, -0.2) is 9.97 Å². The lowest BCUT2D eigenvalue weighted by Crippen LogP contribution is -2.07. The van der Waals surface area contributed by atoms with Crippen molar-refractivity contribution in [1.82, 2.24) is 9.97 Å². The first-order chi connectivity index (χ1) is 9.60. The van der Waals surface area contributed by atoms with Gasteiger partial charge in [-0.25, -0.2) is 4.98 Å². The summed E-state index contributed by atoms with van der Waals surface area (Å²) in [6.45, 7) is 2.10. The van der Waals surface area contributed by atoms with Crippen molar-refractivity contribution in [2.24, 2.45) is 0 Å². The third kappa shape index (κ3) is 2.45. The maximum Gasteiger partial charge on any atom is 0.224 e. The Balaban J connectivity index is 1.95. The van der Waals surface area contributed by atoms with Gasteiger partial charge >= 0.3 is 0 Å². The van der Waals surface area contributed by atoms with E-state index in [4.69, 9.17) is 21.6 Å². The maximum atomic E-state index is 9.06. The fraction of sp³-hybridized carbons (Fsp3) is 0.267. The van der Waals surface area contributed by atoms with Crippen LogP contribution in [0.25, 0.3) is 0 Å². The molecule has 0 spiro atoms. The highest BCUT2D eigenvalue weighted by atomic mass is 35.5. The molecule has 1 aliphatic rings. The number of nitrogens with zero attached hydrogens (tertiary/aromatic N) is 3. The molecule has 0 N–H and O–H groups in total. The molecule has 1 aromatic heterocycles. The quantitative estimate of drug-likeness (QED) is 0.804. The van der Waals surface area contributed by atoms with E-state index in [9.17, 15) is 0 Å². The first-order valence-corrected chi connectivity index (χ1v) is 6.71. The number of hydrogen-bond acceptors (Lipinski definition) is 4. The van der Waals surface area contributed by atoms with Crippen LogP contribution in [0.1, 0.15) is 31.2 Å². The second-order valence-electron chi connectivity index (χ2n) is 5.12. The largest absolute Gasteiger partial charge is 0.437 e. The number of halogens is 1. The zero-order valence-electron chi connectivity index (χ0n) is 10.9. The average Bonchev–Trinajstić information content (AvgIpc) is 3.18. The lowest BCUT2D eigenvalue weighted by Gasteiger charge is -2.11. The molecule has 0 radical (unpaired) electrons. The molecule has 4 nitrogen and oxygen atoms in total. The van der Waals surface area contributed by atoms with Crippen LogP contribution in [0.2, 0.25) is 5.15 Å². The molecule has 0 amide bonds. The van der Waals surface area contributed by atoms with E-state index in [0.29, 0.717) is 28.2 Å². The summed E-state index contributed by atoms with van der Waals surface area (Å²) in [6.07, 6.45) is 2.11. The van der Waals surface area contributed by atoms with Crippen LogP contribution in [0, 0.1) is 11.3 Å². The van der Waals surface area contributed by atoms with Crippen LogP contribution < -0.4 is 4.74 Å². The average molecular weight is 286 g/mol. The van der Waals surface area contributed by atoms with Crippen molar-refractivity contribution in [3.8, 4) is 17.7 Å². The van der Waals surface area contributed by atoms with Crippen LogP contribution in [0.4, 0.5) is 0 Å². The Morgan fingerprint density at radius 2 is 2.05 bits per heavy atom. The number of rotatable bonds is 3. The first-order valence-electron chi connectivity index (χ1n) is 6.33. The molecule has 2 aromatic rings. The van der Waals surface area contributed by atoms with Gasteiger partial charge in [0.15, 0.2) is 0 Å². The van der Waals surface area contributed by atoms with Crippen molar-refractivity contribution in [2.75, 3.05) is 0 Å². The van der Waals surface area contributed by atoms with E-state index in [1.165, 1.54) is 0 Å². The van der Waals surface area contributed by atoms with Gasteiger partial charge in [0.1, 0.15) is 22.8 Å². The molecule has 0 unspecified atom stereocenters. The van der Waals surface area contributed by atoms with E-state index in [2.05, 4.69) is 23.0 Å². The van der Waals surface area contributed by atoms with Crippen molar-refractivity contribution in [3.63, 3.8) is 0 Å². The summed E-state index contributed by atoms with van der Waals surface area (Å²) in [5.74, 6) is 1.54. The first kappa shape index (κ1) is 12.9. The van der Waals surface area contributed by atoms with Gasteiger partial charge in [-0.1, -0.05) is 30.7 Å². The molecule has 0 bridgehead atoms. The zero-order chi connectivity index (χ0) is 14.2. The topological polar surface area (TPSA) is 58.8 Å². The number of benzene rings is 1. The van der Waals surface area contributed by atoms with Gasteiger partial charge in [0, 0.05) is 11.5 Å². The smallest absolute Gasteiger partial charge is 0.224 e. The summed E-state index contributed by atoms with van der Waals surface area (Å²) >= 11 is 6.03. The zero-order valence-corrected chi connectivity index (χ0v) is 11.7. The molecule has 0 atom stereocenters. The fourth-order valence-electron chi connectivity index (χ4n) is 1.89. The van der Waals surface area contributed by atoms with E-state index in [-0.39, 0.29) is 5.41 Å². The molecule has 1 aromatic carbocycles. The van der Waals surface area contributed by atoms with Crippen LogP contribution in [0.5, 0.6) is 11.6 Å². The Bertz CT molecular complexity index is 705. The molecular weight excluding hydrogens is 274 g/mol. The predicted octanol–water partition coefficient (Wildman–Crippen LogP) is 3.85. The molecule has 3 rings (SSSR count). The lowest BCUT2D eigenvalue weighted by atomic mass is 10.1. The molecule has 1 heterocycles. The molecule has 0 saturated heterocycles. The lowest BCUT2D eigenvalue weighted by molar-refractivity contribution is 0.454. The fourth-order valence-corrected chi connectivity index (χ4v) is 2.06. The Morgan fingerprint density at radius 1 is 1.30 bits per heavy atom. The number of para-hydroxylation sites is 1. The predicted molar refractivity (Wildman–Crippen MR) is 74.9 cm³/mol. The van der Waals surface area contributed by atoms with Crippen molar-refractivity contribution in [3.05, 3.63) is 46.9 Å². The van der Waals surface area contributed by atoms with Gasteiger partial charge in [-0.05, 0) is 25.0 Å². The molecule has 100 valence electrons. The van der Waals surface area contributed by atoms with E-state index >= 15 is 0 Å². The maximum absolute atomic E-state index is 9.06. The summed E-state index contributed by atoms with van der Waals surface area (Å²) in [7, 11) is 0. The highest BCUT2D eigenvalue weighted by Crippen LogP contribution is 2.46. The minimum Gasteiger partial charge on any atom is -0.437 e. The highest BCUT2D eigenvalue weighted by Gasteiger charge is 2.42. The van der Waals surface area contributed by atoms with Crippen LogP contribution in [0.15, 0.2) is 30.3 Å². The number of aromatic nitrogens is 2. The normalized spacial score (nSPS) is 15.4. The monoisotopic (exact) mass is 285 g/mol. The molecule has 0 aliphatic heterocycles. The van der Waals surface area contributed by atoms with E-state index in [1.807, 2.05) is 6.07 Å². The highest BCUT2D eigenvalue weighted by molar-refractivity contribution is 6.29. The van der Waals surface area contributed by atoms with Gasteiger partial charge in [0.05, 0.1) is 5.56 Å². The summed E-state index contributed by atoms with van der Waals surface area (Å²) in [5, 5.41) is 9.41. The molecule has 1 saturated carbocycles. The SMILES string of the molecule is CC1(c2nc(Cl)cc(Oc3ccccc3C#N)n2)CC1. The van der Waals surface area contributed by atoms with Gasteiger partial charge in [-0.3, -0.25) is 0 Å². The number of nitriles is 1. The Kier molecular flexibility index (Phi) is 3.07. The standard InChI is InChI=1S/C15H12ClN3O/c1-15(6-7-15)14-18-12(16)8-13(19-14)20-11-5-3-2-4-10(11)9-17/h2-5,8H,6-7H2,1H3. The van der Waals surface area contributed by atoms with Crippen molar-refractivity contribution < 1.29 is 4.74 Å². The summed E-state index contributed by atoms with van der Waals surface area (Å²) in [4.78, 5) is 8.67. The van der Waals surface area contributed by atoms with Gasteiger partial charge in [-0.15, -0.1) is 0 Å². The molecule has 5 heteroatoms. The van der Waals surface area contributed by atoms with Gasteiger partial charge in [0.2, 0.25) is 5.88 Å². The van der Waals surface area contributed by atoms with Gasteiger partial charge in [0.25, 0.3) is 0 Å². The van der Waals surface area contributed by atoms with Crippen molar-refractivity contribution in [2.45, 2.75) is 25.2 Å². The third-order valence-corrected chi connectivity index (χ3v) is 3.63. The summed E-state index contributed by atoms with van der Waals surface area (Å²) in [6, 6.07) is 10.7. The summed E-state index contributed by atoms with van der Waals surface area (Å²) in [5.41, 5.74) is 0.471. The molecule has 1 fully saturated rings. The Morgan fingerprint density at radius 3 is 2.75 bits per heavy atom. The van der Waals surface area contributed by atoms with E-state index < -0.39 is 0 Å². The number of hydrogen-bond donors (Lipinski definition) is 0. The Hall–Kier alpha value is -2.12. The third-order valence-electron chi connectivity index (χ3n) is 3.43. The molecule has 20 heavy (non-hydrogen) atoms.